The number of hydrogen-bond donors (Lipinski definition) is 14. The number of carboxylic acid groups (broad SMARTS) is 2. The van der Waals surface area contributed by atoms with Crippen molar-refractivity contribution in [2.45, 2.75) is 180 Å². The number of likely N-dealkylation sites (tertiary alicyclic amines) is 1. The zero-order valence-corrected chi connectivity index (χ0v) is 45.0. The summed E-state index contributed by atoms with van der Waals surface area (Å²) in [5, 5.41) is 47.9. The third-order valence-electron chi connectivity index (χ3n) is 12.4. The van der Waals surface area contributed by atoms with Crippen LogP contribution in [0.5, 0.6) is 0 Å². The van der Waals surface area contributed by atoms with E-state index in [-0.39, 0.29) is 63.6 Å². The molecule has 0 aromatic carbocycles. The molecule has 0 unspecified atom stereocenters. The third kappa shape index (κ3) is 23.2. The van der Waals surface area contributed by atoms with Gasteiger partial charge >= 0.3 is 11.9 Å². The summed E-state index contributed by atoms with van der Waals surface area (Å²) in [5.74, 6) is -10.4. The van der Waals surface area contributed by atoms with E-state index in [4.69, 9.17) is 22.9 Å². The average Bonchev–Trinajstić information content (AvgIpc) is 3.82. The number of thioether (sulfide) groups is 1. The minimum Gasteiger partial charge on any atom is -0.481 e. The average molecular weight is 1070 g/mol. The predicted octanol–water partition coefficient (Wildman–Crippen LogP) is -2.68. The lowest BCUT2D eigenvalue weighted by atomic mass is 9.95. The minimum absolute atomic E-state index is 0.0245. The minimum atomic E-state index is -1.72. The number of aliphatic hydroxyl groups excluding tert-OH is 1. The summed E-state index contributed by atoms with van der Waals surface area (Å²) in [7, 11) is 0. The molecule has 18 N–H and O–H groups in total. The Morgan fingerprint density at radius 1 is 0.689 bits per heavy atom. The van der Waals surface area contributed by atoms with Crippen molar-refractivity contribution < 1.29 is 63.3 Å². The Hall–Kier alpha value is -5.80. The second-order valence-electron chi connectivity index (χ2n) is 19.5. The molecule has 27 heteroatoms. The van der Waals surface area contributed by atoms with Gasteiger partial charge in [0.25, 0.3) is 0 Å². The van der Waals surface area contributed by atoms with Crippen molar-refractivity contribution in [3.05, 3.63) is 0 Å². The first-order valence-corrected chi connectivity index (χ1v) is 26.7. The molecule has 8 amide bonds. The molecule has 11 atom stereocenters. The number of hydrogen-bond acceptors (Lipinski definition) is 15. The van der Waals surface area contributed by atoms with E-state index in [2.05, 4.69) is 42.2 Å². The molecule has 0 aromatic rings. The van der Waals surface area contributed by atoms with Crippen LogP contribution in [0.2, 0.25) is 0 Å². The van der Waals surface area contributed by atoms with Gasteiger partial charge in [-0.25, -0.2) is 4.79 Å². The lowest BCUT2D eigenvalue weighted by Gasteiger charge is -2.32. The van der Waals surface area contributed by atoms with Crippen LogP contribution in [-0.4, -0.2) is 177 Å². The second kappa shape index (κ2) is 33.9. The van der Waals surface area contributed by atoms with Crippen LogP contribution in [0, 0.1) is 17.8 Å². The summed E-state index contributed by atoms with van der Waals surface area (Å²) in [6.45, 7) is 11.9. The van der Waals surface area contributed by atoms with E-state index in [1.807, 2.05) is 0 Å². The smallest absolute Gasteiger partial charge is 0.326 e. The Morgan fingerprint density at radius 2 is 1.24 bits per heavy atom. The van der Waals surface area contributed by atoms with Crippen LogP contribution in [0.1, 0.15) is 119 Å². The first-order chi connectivity index (χ1) is 34.7. The van der Waals surface area contributed by atoms with Crippen molar-refractivity contribution in [2.75, 3.05) is 31.6 Å². The summed E-state index contributed by atoms with van der Waals surface area (Å²) < 4.78 is 0. The summed E-state index contributed by atoms with van der Waals surface area (Å²) in [4.78, 5) is 139. The monoisotopic (exact) mass is 1070 g/mol. The number of carbonyl (C=O) groups is 10. The molecular weight excluding hydrogens is 987 g/mol. The summed E-state index contributed by atoms with van der Waals surface area (Å²) >= 11 is 1.41. The largest absolute Gasteiger partial charge is 0.481 e. The summed E-state index contributed by atoms with van der Waals surface area (Å²) in [6.07, 6.45) is 1.96. The normalized spacial score (nSPS) is 17.4. The number of guanidine groups is 1. The fourth-order valence-corrected chi connectivity index (χ4v) is 8.40. The summed E-state index contributed by atoms with van der Waals surface area (Å²) in [5.41, 5.74) is 22.5. The number of unbranched alkanes of at least 4 members (excludes halogenated alkanes) is 1. The van der Waals surface area contributed by atoms with E-state index >= 15 is 0 Å². The molecule has 1 aliphatic heterocycles. The molecule has 1 saturated heterocycles. The molecule has 26 nitrogen and oxygen atoms in total. The predicted molar refractivity (Wildman–Crippen MR) is 277 cm³/mol. The first kappa shape index (κ1) is 66.2. The molecule has 0 aromatic heterocycles. The highest BCUT2D eigenvalue weighted by atomic mass is 32.2. The van der Waals surface area contributed by atoms with Crippen molar-refractivity contribution in [3.63, 3.8) is 0 Å². The van der Waals surface area contributed by atoms with E-state index < -0.39 is 138 Å². The number of nitrogens with one attached hydrogen (secondary N) is 7. The Balaban J connectivity index is 3.36. The molecule has 0 saturated carbocycles. The van der Waals surface area contributed by atoms with Crippen LogP contribution in [0.3, 0.4) is 0 Å². The van der Waals surface area contributed by atoms with E-state index in [0.717, 1.165) is 0 Å². The number of carboxylic acids is 2. The second-order valence-corrected chi connectivity index (χ2v) is 20.4. The van der Waals surface area contributed by atoms with Gasteiger partial charge in [-0.3, -0.25) is 48.1 Å². The highest BCUT2D eigenvalue weighted by Gasteiger charge is 2.42. The Morgan fingerprint density at radius 3 is 1.77 bits per heavy atom. The van der Waals surface area contributed by atoms with E-state index in [0.29, 0.717) is 37.9 Å². The van der Waals surface area contributed by atoms with Crippen molar-refractivity contribution in [2.24, 2.45) is 45.7 Å². The fourth-order valence-electron chi connectivity index (χ4n) is 7.93. The van der Waals surface area contributed by atoms with Gasteiger partial charge in [0, 0.05) is 13.1 Å². The zero-order chi connectivity index (χ0) is 56.4. The van der Waals surface area contributed by atoms with Crippen LogP contribution in [0.25, 0.3) is 0 Å². The molecule has 1 fully saturated rings. The Kier molecular flexibility index (Phi) is 30.3. The maximum atomic E-state index is 14.2. The highest BCUT2D eigenvalue weighted by molar-refractivity contribution is 7.98. The third-order valence-corrected chi connectivity index (χ3v) is 13.0. The number of nitrogens with two attached hydrogens (primary N) is 4. The SMILES string of the molecule is CC[C@H](C)[C@H](NC(=O)[C@H](CCCCN)NC(=O)[C@@H]1CCCN1C(=O)[C@@H](NC(=O)[C@H](CCSC)NC(=O)[C@@H](N)CCCN=C(N)N)[C@@H](C)O)C(=O)N[C@H](C(=O)N[C@@H](CC(=O)O)C(=O)N[C@@H](CC(C)C)C(=O)O)C(C)C. The Bertz CT molecular complexity index is 1920. The van der Waals surface area contributed by atoms with Gasteiger partial charge in [-0.1, -0.05) is 48.0 Å². The number of nitrogens with zero attached hydrogens (tertiary/aromatic N) is 2. The highest BCUT2D eigenvalue weighted by Crippen LogP contribution is 2.21. The van der Waals surface area contributed by atoms with Crippen LogP contribution < -0.4 is 60.2 Å². The maximum Gasteiger partial charge on any atom is 0.326 e. The molecule has 1 rings (SSSR count). The molecule has 1 aliphatic rings. The van der Waals surface area contributed by atoms with E-state index in [1.54, 1.807) is 47.8 Å². The van der Waals surface area contributed by atoms with Crippen LogP contribution in [-0.2, 0) is 47.9 Å². The fraction of sp³-hybridized carbons (Fsp3) is 0.766. The molecule has 422 valence electrons. The van der Waals surface area contributed by atoms with Crippen LogP contribution in [0.4, 0.5) is 0 Å². The topological polar surface area (TPSA) is 435 Å². The van der Waals surface area contributed by atoms with Gasteiger partial charge in [-0.15, -0.1) is 0 Å². The molecule has 0 aliphatic carbocycles. The maximum absolute atomic E-state index is 14.2. The number of rotatable bonds is 35. The van der Waals surface area contributed by atoms with E-state index in [9.17, 15) is 63.3 Å². The standard InChI is InChI=1S/C47H85N13O13S/c1-9-26(6)36(44(70)57-35(25(4)5)43(69)55-31(23-34(62)63)41(67)56-32(46(72)73)22-24(2)3)58-39(65)29(15-10-11-18-48)54-42(68)33-16-13-20-60(33)45(71)37(27(7)61)59-40(66)30(17-21-74-8)53-38(64)28(49)14-12-19-52-47(50)51/h24-33,35-37,61H,9-23,48-49H2,1-8H3,(H,53,64)(H,54,68)(H,55,69)(H,56,67)(H,57,70)(H,58,65)(H,59,66)(H,62,63)(H,72,73)(H4,50,51,52)/t26-,27+,28-,29-,30-,31-,32-,33-,35-,36-,37-/m0/s1. The summed E-state index contributed by atoms with van der Waals surface area (Å²) in [6, 6.07) is -11.9. The van der Waals surface area contributed by atoms with Crippen LogP contribution >= 0.6 is 11.8 Å². The molecule has 0 spiro atoms. The van der Waals surface area contributed by atoms with Gasteiger partial charge in [0.1, 0.15) is 48.3 Å². The molecule has 74 heavy (non-hydrogen) atoms. The van der Waals surface area contributed by atoms with Gasteiger partial charge in [0.15, 0.2) is 5.96 Å². The molecular formula is C47H85N13O13S. The van der Waals surface area contributed by atoms with Gasteiger partial charge in [0.05, 0.1) is 18.6 Å². The van der Waals surface area contributed by atoms with Crippen molar-refractivity contribution in [1.82, 2.24) is 42.1 Å². The number of amides is 8. The molecule has 1 heterocycles. The molecule has 0 radical (unpaired) electrons. The number of aliphatic hydroxyl groups is 1. The number of aliphatic imine (C=N–C) groups is 1. The van der Waals surface area contributed by atoms with Gasteiger partial charge in [-0.2, -0.15) is 11.8 Å². The number of aliphatic carboxylic acids is 2. The quantitative estimate of drug-likeness (QED) is 0.0175. The lowest BCUT2D eigenvalue weighted by molar-refractivity contribution is -0.144. The van der Waals surface area contributed by atoms with E-state index in [1.165, 1.54) is 23.6 Å². The first-order valence-electron chi connectivity index (χ1n) is 25.3. The Labute approximate surface area is 438 Å². The zero-order valence-electron chi connectivity index (χ0n) is 44.1. The molecule has 0 bridgehead atoms. The van der Waals surface area contributed by atoms with Gasteiger partial charge in [0.2, 0.25) is 47.3 Å². The number of carbonyl (C=O) groups excluding carboxylic acids is 8. The lowest BCUT2D eigenvalue weighted by Crippen LogP contribution is -2.62. The van der Waals surface area contributed by atoms with Crippen molar-refractivity contribution in [1.29, 1.82) is 0 Å². The van der Waals surface area contributed by atoms with Crippen molar-refractivity contribution in [3.8, 4) is 0 Å². The van der Waals surface area contributed by atoms with Crippen LogP contribution in [0.15, 0.2) is 4.99 Å². The van der Waals surface area contributed by atoms with Gasteiger partial charge in [-0.05, 0) is 101 Å². The van der Waals surface area contributed by atoms with Gasteiger partial charge < -0.3 is 80.4 Å². The van der Waals surface area contributed by atoms with Crippen molar-refractivity contribution >= 4 is 76.9 Å².